The standard InChI is InChI=1S/C15H19N3O/c1-2-7-17-15(19)10-13-3-5-14(6-4-13)11-18-9-8-16-12-18/h3-6,8-9,12H,2,7,10-11H2,1H3,(H,17,19). The molecule has 4 nitrogen and oxygen atoms in total. The van der Waals surface area contributed by atoms with Crippen molar-refractivity contribution in [1.82, 2.24) is 14.9 Å². The maximum Gasteiger partial charge on any atom is 0.224 e. The summed E-state index contributed by atoms with van der Waals surface area (Å²) in [7, 11) is 0. The van der Waals surface area contributed by atoms with Crippen molar-refractivity contribution in [3.05, 3.63) is 54.1 Å². The highest BCUT2D eigenvalue weighted by molar-refractivity contribution is 5.78. The van der Waals surface area contributed by atoms with Gasteiger partial charge in [0, 0.05) is 25.5 Å². The average molecular weight is 257 g/mol. The molecule has 0 aliphatic rings. The minimum Gasteiger partial charge on any atom is -0.356 e. The van der Waals surface area contributed by atoms with Gasteiger partial charge in [-0.05, 0) is 17.5 Å². The van der Waals surface area contributed by atoms with Crippen molar-refractivity contribution in [2.45, 2.75) is 26.3 Å². The molecule has 1 aromatic heterocycles. The molecule has 0 saturated carbocycles. The van der Waals surface area contributed by atoms with Gasteiger partial charge in [-0.1, -0.05) is 31.2 Å². The van der Waals surface area contributed by atoms with E-state index in [2.05, 4.69) is 22.4 Å². The molecule has 1 heterocycles. The Morgan fingerprint density at radius 3 is 2.63 bits per heavy atom. The fourth-order valence-electron chi connectivity index (χ4n) is 1.87. The summed E-state index contributed by atoms with van der Waals surface area (Å²) in [5.74, 6) is 0.0872. The third-order valence-electron chi connectivity index (χ3n) is 2.88. The lowest BCUT2D eigenvalue weighted by Gasteiger charge is -2.06. The van der Waals surface area contributed by atoms with Crippen LogP contribution in [0.15, 0.2) is 43.0 Å². The van der Waals surface area contributed by atoms with E-state index in [0.29, 0.717) is 6.42 Å². The van der Waals surface area contributed by atoms with E-state index < -0.39 is 0 Å². The molecule has 2 rings (SSSR count). The maximum atomic E-state index is 11.6. The largest absolute Gasteiger partial charge is 0.356 e. The highest BCUT2D eigenvalue weighted by atomic mass is 16.1. The van der Waals surface area contributed by atoms with Gasteiger partial charge in [-0.25, -0.2) is 4.98 Å². The van der Waals surface area contributed by atoms with Gasteiger partial charge >= 0.3 is 0 Å². The lowest BCUT2D eigenvalue weighted by Crippen LogP contribution is -2.25. The highest BCUT2D eigenvalue weighted by Gasteiger charge is 2.02. The predicted octanol–water partition coefficient (Wildman–Crippen LogP) is 2.00. The minimum absolute atomic E-state index is 0.0872. The Balaban J connectivity index is 1.89. The Hall–Kier alpha value is -2.10. The first-order valence-electron chi connectivity index (χ1n) is 6.58. The summed E-state index contributed by atoms with van der Waals surface area (Å²) in [6, 6.07) is 8.14. The van der Waals surface area contributed by atoms with Crippen molar-refractivity contribution in [2.75, 3.05) is 6.54 Å². The number of hydrogen-bond donors (Lipinski definition) is 1. The predicted molar refractivity (Wildman–Crippen MR) is 74.8 cm³/mol. The Bertz CT molecular complexity index is 503. The highest BCUT2D eigenvalue weighted by Crippen LogP contribution is 2.07. The van der Waals surface area contributed by atoms with Gasteiger partial charge in [0.2, 0.25) is 5.91 Å². The summed E-state index contributed by atoms with van der Waals surface area (Å²) in [5, 5.41) is 2.88. The molecule has 0 atom stereocenters. The zero-order valence-electron chi connectivity index (χ0n) is 11.2. The maximum absolute atomic E-state index is 11.6. The molecule has 1 amide bonds. The van der Waals surface area contributed by atoms with Gasteiger partial charge < -0.3 is 9.88 Å². The smallest absolute Gasteiger partial charge is 0.224 e. The fourth-order valence-corrected chi connectivity index (χ4v) is 1.87. The van der Waals surface area contributed by atoms with Crippen LogP contribution in [0.1, 0.15) is 24.5 Å². The van der Waals surface area contributed by atoms with Crippen LogP contribution in [-0.2, 0) is 17.8 Å². The number of nitrogens with one attached hydrogen (secondary N) is 1. The van der Waals surface area contributed by atoms with Crippen LogP contribution in [0.25, 0.3) is 0 Å². The lowest BCUT2D eigenvalue weighted by atomic mass is 10.1. The van der Waals surface area contributed by atoms with E-state index in [0.717, 1.165) is 25.1 Å². The normalized spacial score (nSPS) is 10.4. The number of aromatic nitrogens is 2. The van der Waals surface area contributed by atoms with E-state index in [4.69, 9.17) is 0 Å². The third kappa shape index (κ3) is 4.25. The molecule has 100 valence electrons. The van der Waals surface area contributed by atoms with Gasteiger partial charge in [-0.2, -0.15) is 0 Å². The van der Waals surface area contributed by atoms with Gasteiger partial charge in [0.15, 0.2) is 0 Å². The molecule has 4 heteroatoms. The molecule has 0 aliphatic heterocycles. The van der Waals surface area contributed by atoms with Crippen LogP contribution in [0, 0.1) is 0 Å². The van der Waals surface area contributed by atoms with E-state index in [9.17, 15) is 4.79 Å². The van der Waals surface area contributed by atoms with E-state index in [-0.39, 0.29) is 5.91 Å². The Morgan fingerprint density at radius 1 is 1.26 bits per heavy atom. The van der Waals surface area contributed by atoms with Gasteiger partial charge in [-0.3, -0.25) is 4.79 Å². The molecule has 19 heavy (non-hydrogen) atoms. The number of nitrogens with zero attached hydrogens (tertiary/aromatic N) is 2. The number of rotatable bonds is 6. The van der Waals surface area contributed by atoms with Crippen LogP contribution in [0.3, 0.4) is 0 Å². The first kappa shape index (κ1) is 13.3. The molecule has 1 aromatic carbocycles. The second-order valence-electron chi connectivity index (χ2n) is 4.58. The molecule has 0 radical (unpaired) electrons. The number of hydrogen-bond acceptors (Lipinski definition) is 2. The van der Waals surface area contributed by atoms with E-state index in [1.165, 1.54) is 5.56 Å². The van der Waals surface area contributed by atoms with Crippen LogP contribution in [-0.4, -0.2) is 22.0 Å². The van der Waals surface area contributed by atoms with Crippen molar-refractivity contribution < 1.29 is 4.79 Å². The third-order valence-corrected chi connectivity index (χ3v) is 2.88. The van der Waals surface area contributed by atoms with Crippen molar-refractivity contribution >= 4 is 5.91 Å². The van der Waals surface area contributed by atoms with Crippen LogP contribution >= 0.6 is 0 Å². The molecule has 0 fully saturated rings. The lowest BCUT2D eigenvalue weighted by molar-refractivity contribution is -0.120. The SMILES string of the molecule is CCCNC(=O)Cc1ccc(Cn2ccnc2)cc1. The number of carbonyl (C=O) groups excluding carboxylic acids is 1. The summed E-state index contributed by atoms with van der Waals surface area (Å²) in [5.41, 5.74) is 2.25. The second-order valence-corrected chi connectivity index (χ2v) is 4.58. The van der Waals surface area contributed by atoms with Gasteiger partial charge in [0.05, 0.1) is 12.7 Å². The van der Waals surface area contributed by atoms with E-state index >= 15 is 0 Å². The van der Waals surface area contributed by atoms with Gasteiger partial charge in [0.25, 0.3) is 0 Å². The van der Waals surface area contributed by atoms with Crippen molar-refractivity contribution in [2.24, 2.45) is 0 Å². The van der Waals surface area contributed by atoms with Crippen molar-refractivity contribution in [3.63, 3.8) is 0 Å². The quantitative estimate of drug-likeness (QED) is 0.860. The minimum atomic E-state index is 0.0872. The van der Waals surface area contributed by atoms with Crippen LogP contribution < -0.4 is 5.32 Å². The summed E-state index contributed by atoms with van der Waals surface area (Å²) in [6.45, 7) is 3.60. The van der Waals surface area contributed by atoms with Crippen LogP contribution in [0.4, 0.5) is 0 Å². The summed E-state index contributed by atoms with van der Waals surface area (Å²) >= 11 is 0. The van der Waals surface area contributed by atoms with Crippen molar-refractivity contribution in [1.29, 1.82) is 0 Å². The first-order chi connectivity index (χ1) is 9.28. The zero-order valence-corrected chi connectivity index (χ0v) is 11.2. The average Bonchev–Trinajstić information content (AvgIpc) is 2.91. The second kappa shape index (κ2) is 6.73. The topological polar surface area (TPSA) is 46.9 Å². The number of amides is 1. The zero-order chi connectivity index (χ0) is 13.5. The summed E-state index contributed by atoms with van der Waals surface area (Å²) < 4.78 is 2.02. The van der Waals surface area contributed by atoms with Crippen LogP contribution in [0.2, 0.25) is 0 Å². The molecule has 0 saturated heterocycles. The number of benzene rings is 1. The molecule has 0 aliphatic carbocycles. The molecule has 0 bridgehead atoms. The monoisotopic (exact) mass is 257 g/mol. The van der Waals surface area contributed by atoms with Crippen LogP contribution in [0.5, 0.6) is 0 Å². The Morgan fingerprint density at radius 2 is 2.00 bits per heavy atom. The van der Waals surface area contributed by atoms with E-state index in [1.54, 1.807) is 12.5 Å². The number of carbonyl (C=O) groups is 1. The summed E-state index contributed by atoms with van der Waals surface area (Å²) in [6.07, 6.45) is 6.92. The van der Waals surface area contributed by atoms with Gasteiger partial charge in [-0.15, -0.1) is 0 Å². The van der Waals surface area contributed by atoms with E-state index in [1.807, 2.05) is 29.8 Å². The molecule has 0 spiro atoms. The first-order valence-corrected chi connectivity index (χ1v) is 6.58. The number of imidazole rings is 1. The molecule has 1 N–H and O–H groups in total. The van der Waals surface area contributed by atoms with Crippen molar-refractivity contribution in [3.8, 4) is 0 Å². The molecule has 0 unspecified atom stereocenters. The molecule has 2 aromatic rings. The molecular weight excluding hydrogens is 238 g/mol. The molecular formula is C15H19N3O. The fraction of sp³-hybridized carbons (Fsp3) is 0.333. The van der Waals surface area contributed by atoms with Gasteiger partial charge in [0.1, 0.15) is 0 Å². The Kier molecular flexibility index (Phi) is 4.72. The Labute approximate surface area is 113 Å². The summed E-state index contributed by atoms with van der Waals surface area (Å²) in [4.78, 5) is 15.6.